The molecule has 2 rings (SSSR count). The number of aliphatic hydroxyl groups excluding tert-OH is 1. The van der Waals surface area contributed by atoms with Crippen molar-refractivity contribution in [3.05, 3.63) is 57.8 Å². The molecule has 0 spiro atoms. The summed E-state index contributed by atoms with van der Waals surface area (Å²) in [6, 6.07) is 9.91. The summed E-state index contributed by atoms with van der Waals surface area (Å²) in [5.41, 5.74) is 1.42. The van der Waals surface area contributed by atoms with Gasteiger partial charge in [-0.25, -0.2) is 4.39 Å². The van der Waals surface area contributed by atoms with Gasteiger partial charge in [-0.1, -0.05) is 28.1 Å². The predicted octanol–water partition coefficient (Wildman–Crippen LogP) is 4.74. The Labute approximate surface area is 120 Å². The molecule has 19 heavy (non-hydrogen) atoms. The third-order valence-electron chi connectivity index (χ3n) is 2.80. The number of para-hydroxylation sites is 1. The molecule has 0 radical (unpaired) electrons. The van der Waals surface area contributed by atoms with E-state index in [-0.39, 0.29) is 5.75 Å². The van der Waals surface area contributed by atoms with E-state index < -0.39 is 11.9 Å². The Kier molecular flexibility index (Phi) is 4.22. The molecule has 0 bridgehead atoms. The Morgan fingerprint density at radius 1 is 1.26 bits per heavy atom. The molecular formula is C15H14BrFO2. The summed E-state index contributed by atoms with van der Waals surface area (Å²) in [6.45, 7) is 3.50. The Morgan fingerprint density at radius 2 is 2.00 bits per heavy atom. The second-order valence-corrected chi connectivity index (χ2v) is 5.20. The molecule has 0 amide bonds. The van der Waals surface area contributed by atoms with Gasteiger partial charge in [-0.15, -0.1) is 0 Å². The summed E-state index contributed by atoms with van der Waals surface area (Å²) in [5, 5.41) is 9.65. The minimum absolute atomic E-state index is 0.0687. The lowest BCUT2D eigenvalue weighted by Gasteiger charge is -2.14. The van der Waals surface area contributed by atoms with Crippen molar-refractivity contribution in [1.82, 2.24) is 0 Å². The summed E-state index contributed by atoms with van der Waals surface area (Å²) < 4.78 is 20.4. The number of halogens is 2. The maximum Gasteiger partial charge on any atom is 0.168 e. The summed E-state index contributed by atoms with van der Waals surface area (Å²) in [4.78, 5) is 0. The molecule has 0 aliphatic rings. The molecule has 0 aromatic heterocycles. The second-order valence-electron chi connectivity index (χ2n) is 4.35. The van der Waals surface area contributed by atoms with E-state index in [1.807, 2.05) is 19.1 Å². The molecule has 1 atom stereocenters. The number of aryl methyl sites for hydroxylation is 1. The zero-order valence-electron chi connectivity index (χ0n) is 10.7. The van der Waals surface area contributed by atoms with Crippen LogP contribution in [0.4, 0.5) is 4.39 Å². The van der Waals surface area contributed by atoms with E-state index in [4.69, 9.17) is 4.74 Å². The summed E-state index contributed by atoms with van der Waals surface area (Å²) in [6.07, 6.45) is -0.790. The predicted molar refractivity (Wildman–Crippen MR) is 76.0 cm³/mol. The third-order valence-corrected chi connectivity index (χ3v) is 3.69. The normalized spacial score (nSPS) is 12.3. The van der Waals surface area contributed by atoms with Crippen LogP contribution < -0.4 is 4.74 Å². The van der Waals surface area contributed by atoms with E-state index in [1.54, 1.807) is 25.1 Å². The Bertz CT molecular complexity index is 597. The third kappa shape index (κ3) is 3.14. The molecule has 0 heterocycles. The number of hydrogen-bond acceptors (Lipinski definition) is 2. The van der Waals surface area contributed by atoms with Crippen LogP contribution in [0.5, 0.6) is 11.5 Å². The van der Waals surface area contributed by atoms with Crippen LogP contribution >= 0.6 is 15.9 Å². The number of rotatable bonds is 3. The van der Waals surface area contributed by atoms with Gasteiger partial charge in [0.25, 0.3) is 0 Å². The zero-order chi connectivity index (χ0) is 14.0. The lowest BCUT2D eigenvalue weighted by molar-refractivity contribution is 0.194. The highest BCUT2D eigenvalue weighted by molar-refractivity contribution is 9.10. The Hall–Kier alpha value is -1.39. The number of benzene rings is 2. The van der Waals surface area contributed by atoms with Gasteiger partial charge >= 0.3 is 0 Å². The monoisotopic (exact) mass is 324 g/mol. The molecule has 0 aliphatic heterocycles. The van der Waals surface area contributed by atoms with E-state index in [2.05, 4.69) is 15.9 Å². The first-order chi connectivity index (χ1) is 8.99. The summed E-state index contributed by atoms with van der Waals surface area (Å²) >= 11 is 3.40. The van der Waals surface area contributed by atoms with Gasteiger partial charge in [0.05, 0.1) is 6.10 Å². The number of hydrogen-bond donors (Lipinski definition) is 1. The molecule has 2 nitrogen and oxygen atoms in total. The lowest BCUT2D eigenvalue weighted by atomic mass is 10.1. The average Bonchev–Trinajstić information content (AvgIpc) is 2.36. The van der Waals surface area contributed by atoms with Gasteiger partial charge in [0.15, 0.2) is 11.6 Å². The fourth-order valence-corrected chi connectivity index (χ4v) is 2.01. The minimum atomic E-state index is -0.790. The second kappa shape index (κ2) is 5.72. The Balaban J connectivity index is 2.40. The van der Waals surface area contributed by atoms with Gasteiger partial charge in [-0.05, 0) is 43.7 Å². The van der Waals surface area contributed by atoms with Gasteiger partial charge in [0.1, 0.15) is 5.75 Å². The van der Waals surface area contributed by atoms with Crippen LogP contribution in [-0.4, -0.2) is 5.11 Å². The van der Waals surface area contributed by atoms with Crippen molar-refractivity contribution < 1.29 is 14.2 Å². The van der Waals surface area contributed by atoms with Crippen LogP contribution in [0.15, 0.2) is 40.9 Å². The molecule has 0 unspecified atom stereocenters. The van der Waals surface area contributed by atoms with Gasteiger partial charge in [-0.2, -0.15) is 0 Å². The zero-order valence-corrected chi connectivity index (χ0v) is 12.2. The lowest BCUT2D eigenvalue weighted by Crippen LogP contribution is -1.98. The van der Waals surface area contributed by atoms with Crippen LogP contribution in [0.3, 0.4) is 0 Å². The van der Waals surface area contributed by atoms with Crippen LogP contribution in [0.25, 0.3) is 0 Å². The highest BCUT2D eigenvalue weighted by Gasteiger charge is 2.14. The van der Waals surface area contributed by atoms with Crippen molar-refractivity contribution in [3.63, 3.8) is 0 Å². The van der Waals surface area contributed by atoms with Crippen molar-refractivity contribution in [1.29, 1.82) is 0 Å². The standard InChI is InChI=1S/C15H14BrFO2/c1-9-8-11(6-7-13(9)16)19-15-12(10(2)18)4-3-5-14(15)17/h3-8,10,18H,1-2H3/t10-/m1/s1. The van der Waals surface area contributed by atoms with Gasteiger partial charge in [0, 0.05) is 10.0 Å². The van der Waals surface area contributed by atoms with Crippen molar-refractivity contribution in [2.45, 2.75) is 20.0 Å². The van der Waals surface area contributed by atoms with E-state index in [0.717, 1.165) is 10.0 Å². The first-order valence-electron chi connectivity index (χ1n) is 5.89. The quantitative estimate of drug-likeness (QED) is 0.883. The molecule has 0 aliphatic carbocycles. The maximum absolute atomic E-state index is 13.8. The van der Waals surface area contributed by atoms with E-state index in [9.17, 15) is 9.50 Å². The molecule has 100 valence electrons. The van der Waals surface area contributed by atoms with Crippen LogP contribution in [0.1, 0.15) is 24.2 Å². The minimum Gasteiger partial charge on any atom is -0.454 e. The molecule has 0 fully saturated rings. The number of aliphatic hydroxyl groups is 1. The number of ether oxygens (including phenoxy) is 1. The fraction of sp³-hybridized carbons (Fsp3) is 0.200. The molecule has 4 heteroatoms. The first-order valence-corrected chi connectivity index (χ1v) is 6.69. The van der Waals surface area contributed by atoms with E-state index in [0.29, 0.717) is 11.3 Å². The summed E-state index contributed by atoms with van der Waals surface area (Å²) in [7, 11) is 0. The maximum atomic E-state index is 13.8. The van der Waals surface area contributed by atoms with Crippen LogP contribution in [0.2, 0.25) is 0 Å². The SMILES string of the molecule is Cc1cc(Oc2c(F)cccc2[C@@H](C)O)ccc1Br. The molecule has 0 saturated heterocycles. The average molecular weight is 325 g/mol. The smallest absolute Gasteiger partial charge is 0.168 e. The van der Waals surface area contributed by atoms with Crippen LogP contribution in [0, 0.1) is 12.7 Å². The molecule has 1 N–H and O–H groups in total. The van der Waals surface area contributed by atoms with Crippen molar-refractivity contribution in [3.8, 4) is 11.5 Å². The van der Waals surface area contributed by atoms with Gasteiger partial charge < -0.3 is 9.84 Å². The fourth-order valence-electron chi connectivity index (χ4n) is 1.76. The molecular weight excluding hydrogens is 311 g/mol. The highest BCUT2D eigenvalue weighted by Crippen LogP contribution is 2.33. The molecule has 2 aromatic carbocycles. The van der Waals surface area contributed by atoms with E-state index in [1.165, 1.54) is 6.07 Å². The van der Waals surface area contributed by atoms with Gasteiger partial charge in [0.2, 0.25) is 0 Å². The summed E-state index contributed by atoms with van der Waals surface area (Å²) in [5.74, 6) is 0.117. The van der Waals surface area contributed by atoms with Crippen molar-refractivity contribution in [2.75, 3.05) is 0 Å². The topological polar surface area (TPSA) is 29.5 Å². The molecule has 2 aromatic rings. The molecule has 0 saturated carbocycles. The van der Waals surface area contributed by atoms with Crippen molar-refractivity contribution >= 4 is 15.9 Å². The van der Waals surface area contributed by atoms with Crippen LogP contribution in [-0.2, 0) is 0 Å². The van der Waals surface area contributed by atoms with E-state index >= 15 is 0 Å². The van der Waals surface area contributed by atoms with Gasteiger partial charge in [-0.3, -0.25) is 0 Å². The largest absolute Gasteiger partial charge is 0.454 e. The van der Waals surface area contributed by atoms with Crippen molar-refractivity contribution in [2.24, 2.45) is 0 Å². The first kappa shape index (κ1) is 14.0. The Morgan fingerprint density at radius 3 is 2.63 bits per heavy atom. The highest BCUT2D eigenvalue weighted by atomic mass is 79.9.